The fraction of sp³-hybridized carbons (Fsp3) is 0.200. The Hall–Kier alpha value is -3.68. The van der Waals surface area contributed by atoms with Gasteiger partial charge in [-0.25, -0.2) is 13.4 Å². The number of carbonyl (C=O) groups excluding carboxylic acids is 1. The van der Waals surface area contributed by atoms with Crippen LogP contribution < -0.4 is 10.1 Å². The second-order valence-corrected chi connectivity index (χ2v) is 11.4. The lowest BCUT2D eigenvalue weighted by Gasteiger charge is -2.13. The van der Waals surface area contributed by atoms with Crippen molar-refractivity contribution < 1.29 is 17.9 Å². The van der Waals surface area contributed by atoms with Crippen LogP contribution in [0.1, 0.15) is 33.6 Å². The summed E-state index contributed by atoms with van der Waals surface area (Å²) in [6, 6.07) is 25.6. The van der Waals surface area contributed by atoms with Crippen molar-refractivity contribution in [2.75, 3.05) is 13.7 Å². The molecular formula is C30H29ClN2O4S. The van der Waals surface area contributed by atoms with Gasteiger partial charge in [-0.2, -0.15) is 0 Å². The molecular weight excluding hydrogens is 520 g/mol. The van der Waals surface area contributed by atoms with E-state index in [9.17, 15) is 13.2 Å². The van der Waals surface area contributed by atoms with Gasteiger partial charge < -0.3 is 10.1 Å². The number of methoxy groups -OCH3 is 1. The van der Waals surface area contributed by atoms with Crippen molar-refractivity contribution in [3.8, 4) is 16.9 Å². The van der Waals surface area contributed by atoms with Crippen LogP contribution in [0.4, 0.5) is 0 Å². The van der Waals surface area contributed by atoms with Gasteiger partial charge in [-0.15, -0.1) is 0 Å². The maximum Gasteiger partial charge on any atom is 0.269 e. The van der Waals surface area contributed by atoms with Crippen LogP contribution in [0, 0.1) is 6.92 Å². The lowest BCUT2D eigenvalue weighted by molar-refractivity contribution is 0.0948. The highest BCUT2D eigenvalue weighted by molar-refractivity contribution is 7.90. The molecule has 0 radical (unpaired) electrons. The molecule has 1 amide bonds. The highest BCUT2D eigenvalue weighted by atomic mass is 35.5. The van der Waals surface area contributed by atoms with E-state index in [1.165, 1.54) is 7.11 Å². The third-order valence-electron chi connectivity index (χ3n) is 6.07. The molecule has 4 aromatic rings. The number of aromatic nitrogens is 1. The van der Waals surface area contributed by atoms with Gasteiger partial charge in [0, 0.05) is 6.54 Å². The summed E-state index contributed by atoms with van der Waals surface area (Å²) in [7, 11) is -2.21. The number of ether oxygens (including phenoxy) is 1. The largest absolute Gasteiger partial charge is 0.495 e. The van der Waals surface area contributed by atoms with E-state index in [1.54, 1.807) is 30.3 Å². The van der Waals surface area contributed by atoms with Gasteiger partial charge in [-0.1, -0.05) is 77.8 Å². The molecule has 8 heteroatoms. The van der Waals surface area contributed by atoms with E-state index in [2.05, 4.69) is 10.3 Å². The maximum absolute atomic E-state index is 13.5. The van der Waals surface area contributed by atoms with Crippen molar-refractivity contribution in [3.05, 3.63) is 112 Å². The fourth-order valence-electron chi connectivity index (χ4n) is 4.22. The molecule has 0 aliphatic heterocycles. The van der Waals surface area contributed by atoms with Crippen LogP contribution in [-0.2, 0) is 22.0 Å². The monoisotopic (exact) mass is 548 g/mol. The first kappa shape index (κ1) is 27.4. The van der Waals surface area contributed by atoms with Crippen molar-refractivity contribution in [1.29, 1.82) is 0 Å². The minimum atomic E-state index is -3.68. The number of hydrogen-bond acceptors (Lipinski definition) is 5. The first-order valence-electron chi connectivity index (χ1n) is 12.2. The van der Waals surface area contributed by atoms with E-state index in [1.807, 2.05) is 61.5 Å². The number of halogens is 1. The Kier molecular flexibility index (Phi) is 8.81. The number of benzene rings is 3. The second-order valence-electron chi connectivity index (χ2n) is 9.02. The number of amides is 1. The van der Waals surface area contributed by atoms with Gasteiger partial charge in [0.05, 0.1) is 12.9 Å². The van der Waals surface area contributed by atoms with Crippen LogP contribution in [-0.4, -0.2) is 33.0 Å². The number of aryl methyl sites for hydroxylation is 2. The first-order valence-corrected chi connectivity index (χ1v) is 14.2. The summed E-state index contributed by atoms with van der Waals surface area (Å²) in [4.78, 5) is 16.4. The number of pyridine rings is 1. The van der Waals surface area contributed by atoms with Gasteiger partial charge in [-0.05, 0) is 66.3 Å². The average Bonchev–Trinajstić information content (AvgIpc) is 2.90. The number of carbonyl (C=O) groups is 1. The highest BCUT2D eigenvalue weighted by Crippen LogP contribution is 2.32. The van der Waals surface area contributed by atoms with Crippen LogP contribution in [0.2, 0.25) is 5.15 Å². The van der Waals surface area contributed by atoms with Crippen LogP contribution in [0.15, 0.2) is 89.8 Å². The van der Waals surface area contributed by atoms with Crippen molar-refractivity contribution in [2.24, 2.45) is 0 Å². The Bertz CT molecular complexity index is 1550. The van der Waals surface area contributed by atoms with E-state index in [0.29, 0.717) is 30.7 Å². The van der Waals surface area contributed by atoms with Gasteiger partial charge in [0.15, 0.2) is 9.84 Å². The molecule has 0 aliphatic rings. The molecule has 0 aliphatic carbocycles. The van der Waals surface area contributed by atoms with E-state index in [0.717, 1.165) is 22.3 Å². The Labute approximate surface area is 228 Å². The molecule has 0 bridgehead atoms. The molecule has 196 valence electrons. The molecule has 0 atom stereocenters. The average molecular weight is 549 g/mol. The molecule has 1 aromatic heterocycles. The summed E-state index contributed by atoms with van der Waals surface area (Å²) in [5.41, 5.74) is 4.82. The third-order valence-corrected chi connectivity index (χ3v) is 7.99. The predicted molar refractivity (Wildman–Crippen MR) is 150 cm³/mol. The predicted octanol–water partition coefficient (Wildman–Crippen LogP) is 6.06. The smallest absolute Gasteiger partial charge is 0.269 e. The Morgan fingerprint density at radius 3 is 2.42 bits per heavy atom. The van der Waals surface area contributed by atoms with E-state index in [-0.39, 0.29) is 27.4 Å². The molecule has 38 heavy (non-hydrogen) atoms. The Morgan fingerprint density at radius 2 is 1.66 bits per heavy atom. The molecule has 0 spiro atoms. The summed E-state index contributed by atoms with van der Waals surface area (Å²) in [5, 5.41) is 3.10. The fourth-order valence-corrected chi connectivity index (χ4v) is 5.92. The first-order chi connectivity index (χ1) is 18.2. The van der Waals surface area contributed by atoms with Crippen molar-refractivity contribution in [2.45, 2.75) is 30.4 Å². The van der Waals surface area contributed by atoms with Gasteiger partial charge in [0.2, 0.25) is 0 Å². The van der Waals surface area contributed by atoms with Crippen molar-refractivity contribution in [1.82, 2.24) is 10.3 Å². The van der Waals surface area contributed by atoms with Crippen LogP contribution in [0.5, 0.6) is 5.75 Å². The summed E-state index contributed by atoms with van der Waals surface area (Å²) >= 11 is 5.85. The molecule has 0 unspecified atom stereocenters. The van der Waals surface area contributed by atoms with Crippen molar-refractivity contribution in [3.63, 3.8) is 0 Å². The summed E-state index contributed by atoms with van der Waals surface area (Å²) in [6.45, 7) is 2.46. The molecule has 0 saturated heterocycles. The lowest BCUT2D eigenvalue weighted by Crippen LogP contribution is -2.25. The highest BCUT2D eigenvalue weighted by Gasteiger charge is 2.21. The van der Waals surface area contributed by atoms with Crippen LogP contribution in [0.25, 0.3) is 11.1 Å². The van der Waals surface area contributed by atoms with Crippen LogP contribution in [0.3, 0.4) is 0 Å². The van der Waals surface area contributed by atoms with E-state index >= 15 is 0 Å². The number of nitrogens with zero attached hydrogens (tertiary/aromatic N) is 1. The quantitative estimate of drug-likeness (QED) is 0.192. The van der Waals surface area contributed by atoms with Crippen LogP contribution >= 0.6 is 11.6 Å². The van der Waals surface area contributed by atoms with Gasteiger partial charge in [-0.3, -0.25) is 4.79 Å². The molecule has 1 heterocycles. The van der Waals surface area contributed by atoms with Crippen molar-refractivity contribution >= 4 is 27.3 Å². The van der Waals surface area contributed by atoms with E-state index in [4.69, 9.17) is 16.3 Å². The normalized spacial score (nSPS) is 11.2. The third kappa shape index (κ3) is 7.00. The standard InChI is InChI=1S/C30H29ClN2O4S/c1-21-7-3-11-24(17-21)25-14-15-27(37-2)28(19-25)38(35,36)20-23-9-4-8-22(18-23)10-6-16-32-30(34)26-12-5-13-29(31)33-26/h3-5,7-9,11-15,17-19H,6,10,16,20H2,1-2H3,(H,32,34). The summed E-state index contributed by atoms with van der Waals surface area (Å²) < 4.78 is 32.4. The molecule has 1 N–H and O–H groups in total. The Morgan fingerprint density at radius 1 is 0.921 bits per heavy atom. The van der Waals surface area contributed by atoms with Gasteiger partial charge in [0.25, 0.3) is 5.91 Å². The Balaban J connectivity index is 1.43. The number of rotatable bonds is 10. The second kappa shape index (κ2) is 12.2. The molecule has 0 fully saturated rings. The van der Waals surface area contributed by atoms with Gasteiger partial charge >= 0.3 is 0 Å². The minimum Gasteiger partial charge on any atom is -0.495 e. The molecule has 6 nitrogen and oxygen atoms in total. The maximum atomic E-state index is 13.5. The molecule has 0 saturated carbocycles. The van der Waals surface area contributed by atoms with Gasteiger partial charge in [0.1, 0.15) is 21.5 Å². The zero-order chi connectivity index (χ0) is 27.1. The number of hydrogen-bond donors (Lipinski definition) is 1. The van der Waals surface area contributed by atoms with E-state index < -0.39 is 9.84 Å². The summed E-state index contributed by atoms with van der Waals surface area (Å²) in [6.07, 6.45) is 1.37. The summed E-state index contributed by atoms with van der Waals surface area (Å²) in [5.74, 6) is -0.109. The lowest BCUT2D eigenvalue weighted by atomic mass is 10.0. The number of sulfone groups is 1. The zero-order valence-corrected chi connectivity index (χ0v) is 22.9. The topological polar surface area (TPSA) is 85.4 Å². The molecule has 4 rings (SSSR count). The zero-order valence-electron chi connectivity index (χ0n) is 21.3. The number of nitrogens with one attached hydrogen (secondary N) is 1. The SMILES string of the molecule is COc1ccc(-c2cccc(C)c2)cc1S(=O)(=O)Cc1cccc(CCCNC(=O)c2cccc(Cl)n2)c1. The minimum absolute atomic E-state index is 0.147. The molecule has 3 aromatic carbocycles.